The van der Waals surface area contributed by atoms with Crippen molar-refractivity contribution >= 4 is 5.91 Å². The summed E-state index contributed by atoms with van der Waals surface area (Å²) in [6, 6.07) is 0.534. The van der Waals surface area contributed by atoms with Crippen molar-refractivity contribution in [3.05, 3.63) is 11.1 Å². The molecule has 4 fully saturated rings. The molecule has 3 aliphatic heterocycles. The molecule has 1 amide bonds. The van der Waals surface area contributed by atoms with Crippen LogP contribution in [-0.4, -0.2) is 36.7 Å². The van der Waals surface area contributed by atoms with Gasteiger partial charge >= 0.3 is 0 Å². The lowest BCUT2D eigenvalue weighted by molar-refractivity contribution is -0.121. The van der Waals surface area contributed by atoms with Crippen LogP contribution in [-0.2, 0) is 9.53 Å². The predicted octanol–water partition coefficient (Wildman–Crippen LogP) is 5.23. The third kappa shape index (κ3) is 3.68. The Bertz CT molecular complexity index is 777. The molecule has 0 radical (unpaired) electrons. The van der Waals surface area contributed by atoms with Crippen LogP contribution in [0.15, 0.2) is 11.1 Å². The average Bonchev–Trinajstić information content (AvgIpc) is 3.14. The third-order valence-electron chi connectivity index (χ3n) is 10.7. The van der Waals surface area contributed by atoms with Gasteiger partial charge in [-0.05, 0) is 87.5 Å². The van der Waals surface area contributed by atoms with Crippen LogP contribution in [0.1, 0.15) is 92.4 Å². The summed E-state index contributed by atoms with van der Waals surface area (Å²) in [6.45, 7) is 14.1. The SMILES string of the molecule is CCC1C2CCC3(CC(C)=C2CC1C1(C)CCNC(=O)CC1)OC1CC(C)CNC1C3C. The van der Waals surface area contributed by atoms with Gasteiger partial charge in [-0.25, -0.2) is 0 Å². The van der Waals surface area contributed by atoms with Crippen molar-refractivity contribution in [3.8, 4) is 0 Å². The molecular formula is C28H46N2O2. The van der Waals surface area contributed by atoms with E-state index in [0.29, 0.717) is 24.5 Å². The zero-order chi connectivity index (χ0) is 22.7. The number of hydrogen-bond donors (Lipinski definition) is 2. The molecular weight excluding hydrogens is 396 g/mol. The molecule has 32 heavy (non-hydrogen) atoms. The van der Waals surface area contributed by atoms with Gasteiger partial charge in [-0.1, -0.05) is 45.3 Å². The van der Waals surface area contributed by atoms with Crippen LogP contribution in [0.2, 0.25) is 0 Å². The van der Waals surface area contributed by atoms with Crippen LogP contribution in [0.5, 0.6) is 0 Å². The normalized spacial score (nSPS) is 49.4. The minimum Gasteiger partial charge on any atom is -0.369 e. The minimum atomic E-state index is 0.0319. The Morgan fingerprint density at radius 3 is 2.78 bits per heavy atom. The fourth-order valence-electron chi connectivity index (χ4n) is 8.75. The van der Waals surface area contributed by atoms with E-state index in [1.54, 1.807) is 11.1 Å². The number of carbonyl (C=O) groups is 1. The number of carbonyl (C=O) groups excluding carboxylic acids is 1. The van der Waals surface area contributed by atoms with E-state index in [9.17, 15) is 4.79 Å². The van der Waals surface area contributed by atoms with Crippen molar-refractivity contribution in [2.75, 3.05) is 13.1 Å². The van der Waals surface area contributed by atoms with Crippen molar-refractivity contribution in [3.63, 3.8) is 0 Å². The predicted molar refractivity (Wildman–Crippen MR) is 129 cm³/mol. The molecule has 0 aromatic heterocycles. The zero-order valence-corrected chi connectivity index (χ0v) is 21.1. The topological polar surface area (TPSA) is 50.4 Å². The minimum absolute atomic E-state index is 0.0319. The Balaban J connectivity index is 1.40. The van der Waals surface area contributed by atoms with Gasteiger partial charge in [0.25, 0.3) is 0 Å². The Kier molecular flexibility index (Phi) is 6.02. The van der Waals surface area contributed by atoms with Gasteiger partial charge in [0, 0.05) is 24.9 Å². The first kappa shape index (κ1) is 22.9. The van der Waals surface area contributed by atoms with Gasteiger partial charge in [0.2, 0.25) is 5.91 Å². The molecule has 3 heterocycles. The molecule has 9 atom stereocenters. The van der Waals surface area contributed by atoms with Gasteiger partial charge in [0.05, 0.1) is 11.7 Å². The number of rotatable bonds is 2. The second-order valence-corrected chi connectivity index (χ2v) is 12.5. The Morgan fingerprint density at radius 2 is 2.00 bits per heavy atom. The average molecular weight is 443 g/mol. The van der Waals surface area contributed by atoms with Gasteiger partial charge in [-0.3, -0.25) is 4.79 Å². The number of hydrogen-bond acceptors (Lipinski definition) is 3. The highest BCUT2D eigenvalue weighted by Crippen LogP contribution is 2.59. The Labute approximate surface area is 195 Å². The molecule has 0 aromatic carbocycles. The maximum atomic E-state index is 12.0. The van der Waals surface area contributed by atoms with Crippen LogP contribution in [0, 0.1) is 35.0 Å². The standard InChI is InChI=1S/C28H46N2O2/c1-6-20-21-7-10-28(19(4)26-24(32-28)13-17(2)16-30-26)15-18(3)22(21)14-23(20)27(5)9-8-25(31)29-12-11-27/h17,19-21,23-24,26,30H,6-16H2,1-5H3,(H,29,31). The molecule has 3 saturated heterocycles. The van der Waals surface area contributed by atoms with Crippen molar-refractivity contribution in [2.24, 2.45) is 35.0 Å². The molecule has 0 aromatic rings. The van der Waals surface area contributed by atoms with E-state index in [1.165, 1.54) is 32.1 Å². The molecule has 4 heteroatoms. The van der Waals surface area contributed by atoms with Crippen LogP contribution in [0.4, 0.5) is 0 Å². The van der Waals surface area contributed by atoms with Gasteiger partial charge in [-0.15, -0.1) is 0 Å². The Hall–Kier alpha value is -0.870. The van der Waals surface area contributed by atoms with Gasteiger partial charge in [0.15, 0.2) is 0 Å². The van der Waals surface area contributed by atoms with E-state index >= 15 is 0 Å². The van der Waals surface area contributed by atoms with E-state index in [0.717, 1.165) is 56.0 Å². The first-order chi connectivity index (χ1) is 15.3. The first-order valence-corrected chi connectivity index (χ1v) is 13.6. The molecule has 1 saturated carbocycles. The number of fused-ring (bicyclic) bond motifs is 2. The summed E-state index contributed by atoms with van der Waals surface area (Å²) in [5, 5.41) is 6.98. The number of piperidine rings is 1. The number of nitrogens with one attached hydrogen (secondary N) is 2. The van der Waals surface area contributed by atoms with Crippen LogP contribution in [0.3, 0.4) is 0 Å². The fraction of sp³-hybridized carbons (Fsp3) is 0.893. The summed E-state index contributed by atoms with van der Waals surface area (Å²) in [4.78, 5) is 12.0. The smallest absolute Gasteiger partial charge is 0.220 e. The highest BCUT2D eigenvalue weighted by atomic mass is 16.5. The van der Waals surface area contributed by atoms with Crippen molar-refractivity contribution in [1.29, 1.82) is 0 Å². The molecule has 5 aliphatic rings. The lowest BCUT2D eigenvalue weighted by atomic mass is 9.65. The molecule has 5 rings (SSSR count). The summed E-state index contributed by atoms with van der Waals surface area (Å²) in [7, 11) is 0. The highest BCUT2D eigenvalue weighted by molar-refractivity contribution is 5.76. The molecule has 2 N–H and O–H groups in total. The number of ether oxygens (including phenoxy) is 1. The van der Waals surface area contributed by atoms with Crippen LogP contribution >= 0.6 is 0 Å². The molecule has 180 valence electrons. The van der Waals surface area contributed by atoms with Gasteiger partial charge in [0.1, 0.15) is 0 Å². The van der Waals surface area contributed by atoms with E-state index < -0.39 is 0 Å². The first-order valence-electron chi connectivity index (χ1n) is 13.6. The summed E-state index contributed by atoms with van der Waals surface area (Å²) in [5.74, 6) is 3.75. The second kappa shape index (κ2) is 8.41. The largest absolute Gasteiger partial charge is 0.369 e. The summed E-state index contributed by atoms with van der Waals surface area (Å²) in [5.41, 5.74) is 3.72. The van der Waals surface area contributed by atoms with Crippen molar-refractivity contribution in [2.45, 2.75) is 110 Å². The van der Waals surface area contributed by atoms with Crippen LogP contribution < -0.4 is 10.6 Å². The Morgan fingerprint density at radius 1 is 1.19 bits per heavy atom. The summed E-state index contributed by atoms with van der Waals surface area (Å²) >= 11 is 0. The highest BCUT2D eigenvalue weighted by Gasteiger charge is 2.56. The lowest BCUT2D eigenvalue weighted by Gasteiger charge is -2.40. The monoisotopic (exact) mass is 442 g/mol. The number of amides is 1. The molecule has 1 spiro atoms. The number of allylic oxidation sites excluding steroid dienone is 1. The van der Waals surface area contributed by atoms with Crippen LogP contribution in [0.25, 0.3) is 0 Å². The van der Waals surface area contributed by atoms with E-state index in [1.807, 2.05) is 0 Å². The maximum Gasteiger partial charge on any atom is 0.220 e. The lowest BCUT2D eigenvalue weighted by Crippen LogP contribution is -2.48. The summed E-state index contributed by atoms with van der Waals surface area (Å²) in [6.07, 6.45) is 10.6. The summed E-state index contributed by atoms with van der Waals surface area (Å²) < 4.78 is 7.01. The maximum absolute atomic E-state index is 12.0. The molecule has 2 aliphatic carbocycles. The van der Waals surface area contributed by atoms with Crippen molar-refractivity contribution in [1.82, 2.24) is 10.6 Å². The molecule has 0 bridgehead atoms. The molecule has 9 unspecified atom stereocenters. The van der Waals surface area contributed by atoms with Gasteiger partial charge < -0.3 is 15.4 Å². The molecule has 4 nitrogen and oxygen atoms in total. The fourth-order valence-corrected chi connectivity index (χ4v) is 8.75. The van der Waals surface area contributed by atoms with E-state index in [2.05, 4.69) is 45.3 Å². The van der Waals surface area contributed by atoms with E-state index in [-0.39, 0.29) is 16.9 Å². The van der Waals surface area contributed by atoms with Crippen molar-refractivity contribution < 1.29 is 9.53 Å². The van der Waals surface area contributed by atoms with Gasteiger partial charge in [-0.2, -0.15) is 0 Å². The third-order valence-corrected chi connectivity index (χ3v) is 10.7. The quantitative estimate of drug-likeness (QED) is 0.576. The second-order valence-electron chi connectivity index (χ2n) is 12.5. The zero-order valence-electron chi connectivity index (χ0n) is 21.1. The van der Waals surface area contributed by atoms with E-state index in [4.69, 9.17) is 4.74 Å².